The lowest BCUT2D eigenvalue weighted by Crippen LogP contribution is -2.37. The van der Waals surface area contributed by atoms with Gasteiger partial charge in [-0.15, -0.1) is 0 Å². The van der Waals surface area contributed by atoms with Gasteiger partial charge in [0.05, 0.1) is 12.8 Å². The largest absolute Gasteiger partial charge is 0.507 e. The highest BCUT2D eigenvalue weighted by Crippen LogP contribution is 2.41. The van der Waals surface area contributed by atoms with Gasteiger partial charge in [-0.2, -0.15) is 0 Å². The van der Waals surface area contributed by atoms with Crippen molar-refractivity contribution in [2.45, 2.75) is 52.4 Å². The highest BCUT2D eigenvalue weighted by molar-refractivity contribution is 5.78. The van der Waals surface area contributed by atoms with Crippen molar-refractivity contribution in [1.29, 1.82) is 0 Å². The van der Waals surface area contributed by atoms with E-state index in [1.54, 1.807) is 31.4 Å². The van der Waals surface area contributed by atoms with Crippen LogP contribution in [0.4, 0.5) is 0 Å². The zero-order valence-corrected chi connectivity index (χ0v) is 21.5. The first kappa shape index (κ1) is 24.3. The number of fused-ring (bicyclic) bond motifs is 1. The number of nitrogens with zero attached hydrogens (tertiary/aromatic N) is 3. The SMILES string of the molecule is COc1ccc(-n2c(=O)n(C)c(=O)c3[nH]c(-c4cc(C(C)(C)C)c(O)c(C(C)(C)C)c4)nc32)cc1. The summed E-state index contributed by atoms with van der Waals surface area (Å²) in [6, 6.07) is 10.8. The third-order valence-corrected chi connectivity index (χ3v) is 6.22. The summed E-state index contributed by atoms with van der Waals surface area (Å²) in [5, 5.41) is 11.1. The van der Waals surface area contributed by atoms with E-state index in [1.165, 1.54) is 11.6 Å². The van der Waals surface area contributed by atoms with Crippen molar-refractivity contribution in [2.24, 2.45) is 7.05 Å². The highest BCUT2D eigenvalue weighted by Gasteiger charge is 2.28. The molecule has 0 aliphatic rings. The Kier molecular flexibility index (Phi) is 5.66. The Morgan fingerprint density at radius 3 is 1.97 bits per heavy atom. The highest BCUT2D eigenvalue weighted by atomic mass is 16.5. The molecular formula is C27H32N4O4. The number of phenolic OH excluding ortho intramolecular Hbond substituents is 1. The Balaban J connectivity index is 2.05. The van der Waals surface area contributed by atoms with Crippen LogP contribution in [0, 0.1) is 0 Å². The number of aromatic amines is 1. The molecule has 0 saturated heterocycles. The maximum absolute atomic E-state index is 13.1. The number of phenols is 1. The molecule has 0 amide bonds. The Hall–Kier alpha value is -3.81. The van der Waals surface area contributed by atoms with Gasteiger partial charge in [0.15, 0.2) is 11.2 Å². The number of aromatic nitrogens is 4. The summed E-state index contributed by atoms with van der Waals surface area (Å²) in [6.45, 7) is 12.2. The van der Waals surface area contributed by atoms with Gasteiger partial charge in [0.1, 0.15) is 17.3 Å². The maximum atomic E-state index is 13.1. The fraction of sp³-hybridized carbons (Fsp3) is 0.370. The van der Waals surface area contributed by atoms with Crippen LogP contribution in [0.25, 0.3) is 28.2 Å². The lowest BCUT2D eigenvalue weighted by Gasteiger charge is -2.28. The van der Waals surface area contributed by atoms with Crippen LogP contribution in [-0.4, -0.2) is 31.3 Å². The summed E-state index contributed by atoms with van der Waals surface area (Å²) < 4.78 is 7.70. The molecule has 4 aromatic rings. The van der Waals surface area contributed by atoms with Crippen molar-refractivity contribution < 1.29 is 9.84 Å². The van der Waals surface area contributed by atoms with Crippen LogP contribution in [0.2, 0.25) is 0 Å². The van der Waals surface area contributed by atoms with Crippen LogP contribution in [0.5, 0.6) is 11.5 Å². The monoisotopic (exact) mass is 476 g/mol. The number of hydrogen-bond acceptors (Lipinski definition) is 5. The van der Waals surface area contributed by atoms with Gasteiger partial charge in [-0.05, 0) is 47.2 Å². The van der Waals surface area contributed by atoms with Crippen LogP contribution < -0.4 is 16.0 Å². The molecule has 2 aromatic carbocycles. The molecule has 0 radical (unpaired) electrons. The van der Waals surface area contributed by atoms with Crippen LogP contribution in [0.15, 0.2) is 46.0 Å². The molecule has 2 heterocycles. The standard InChI is InChI=1S/C27H32N4O4/c1-26(2,3)18-13-15(14-19(21(18)32)27(4,5)6)22-28-20-23(29-22)31(25(34)30(7)24(20)33)16-9-11-17(35-8)12-10-16/h9-14,32H,1-8H3,(H,28,29). The minimum atomic E-state index is -0.498. The quantitative estimate of drug-likeness (QED) is 0.457. The van der Waals surface area contributed by atoms with Crippen LogP contribution in [-0.2, 0) is 17.9 Å². The molecule has 0 aliphatic carbocycles. The number of methoxy groups -OCH3 is 1. The number of H-pyrrole nitrogens is 1. The van der Waals surface area contributed by atoms with E-state index in [-0.39, 0.29) is 27.7 Å². The van der Waals surface area contributed by atoms with Crippen molar-refractivity contribution in [3.8, 4) is 28.6 Å². The van der Waals surface area contributed by atoms with Crippen molar-refractivity contribution >= 4 is 11.2 Å². The Bertz CT molecular complexity index is 1510. The van der Waals surface area contributed by atoms with Gasteiger partial charge in [-0.1, -0.05) is 41.5 Å². The Morgan fingerprint density at radius 2 is 1.49 bits per heavy atom. The minimum absolute atomic E-state index is 0.223. The second kappa shape index (κ2) is 8.15. The van der Waals surface area contributed by atoms with Gasteiger partial charge < -0.3 is 14.8 Å². The van der Waals surface area contributed by atoms with E-state index in [9.17, 15) is 14.7 Å². The van der Waals surface area contributed by atoms with E-state index >= 15 is 0 Å². The molecule has 0 bridgehead atoms. The summed E-state index contributed by atoms with van der Waals surface area (Å²) in [5.41, 5.74) is 1.70. The van der Waals surface area contributed by atoms with E-state index in [0.29, 0.717) is 17.3 Å². The van der Waals surface area contributed by atoms with Crippen LogP contribution in [0.1, 0.15) is 52.7 Å². The normalized spacial score (nSPS) is 12.3. The Labute approximate surface area is 203 Å². The molecule has 0 atom stereocenters. The van der Waals surface area contributed by atoms with Crippen molar-refractivity contribution in [3.63, 3.8) is 0 Å². The molecule has 0 unspecified atom stereocenters. The molecular weight excluding hydrogens is 444 g/mol. The summed E-state index contributed by atoms with van der Waals surface area (Å²) in [4.78, 5) is 34.0. The number of aromatic hydroxyl groups is 1. The topological polar surface area (TPSA) is 102 Å². The fourth-order valence-corrected chi connectivity index (χ4v) is 4.19. The first-order valence-corrected chi connectivity index (χ1v) is 11.5. The van der Waals surface area contributed by atoms with Crippen LogP contribution >= 0.6 is 0 Å². The second-order valence-electron chi connectivity index (χ2n) is 10.9. The molecule has 8 heteroatoms. The molecule has 8 nitrogen and oxygen atoms in total. The molecule has 35 heavy (non-hydrogen) atoms. The zero-order chi connectivity index (χ0) is 25.9. The molecule has 0 fully saturated rings. The van der Waals surface area contributed by atoms with Crippen molar-refractivity contribution in [1.82, 2.24) is 19.1 Å². The number of hydrogen-bond donors (Lipinski definition) is 2. The zero-order valence-electron chi connectivity index (χ0n) is 21.5. The molecule has 2 N–H and O–H groups in total. The first-order chi connectivity index (χ1) is 16.2. The number of benzene rings is 2. The van der Waals surface area contributed by atoms with E-state index in [2.05, 4.69) is 4.98 Å². The molecule has 184 valence electrons. The third-order valence-electron chi connectivity index (χ3n) is 6.22. The lowest BCUT2D eigenvalue weighted by atomic mass is 9.78. The van der Waals surface area contributed by atoms with E-state index in [0.717, 1.165) is 21.3 Å². The summed E-state index contributed by atoms with van der Waals surface area (Å²) in [5.74, 6) is 1.36. The summed E-state index contributed by atoms with van der Waals surface area (Å²) >= 11 is 0. The second-order valence-corrected chi connectivity index (χ2v) is 10.9. The predicted molar refractivity (Wildman–Crippen MR) is 138 cm³/mol. The average molecular weight is 477 g/mol. The van der Waals surface area contributed by atoms with Gasteiger partial charge in [0, 0.05) is 23.7 Å². The number of ether oxygens (including phenoxy) is 1. The van der Waals surface area contributed by atoms with Crippen molar-refractivity contribution in [3.05, 3.63) is 68.4 Å². The fourth-order valence-electron chi connectivity index (χ4n) is 4.19. The van der Waals surface area contributed by atoms with E-state index in [1.807, 2.05) is 53.7 Å². The minimum Gasteiger partial charge on any atom is -0.507 e. The average Bonchev–Trinajstić information content (AvgIpc) is 3.22. The van der Waals surface area contributed by atoms with Gasteiger partial charge in [-0.25, -0.2) is 14.3 Å². The van der Waals surface area contributed by atoms with Crippen LogP contribution in [0.3, 0.4) is 0 Å². The molecule has 0 aliphatic heterocycles. The maximum Gasteiger partial charge on any atom is 0.337 e. The Morgan fingerprint density at radius 1 is 0.943 bits per heavy atom. The lowest BCUT2D eigenvalue weighted by molar-refractivity contribution is 0.414. The molecule has 0 spiro atoms. The van der Waals surface area contributed by atoms with E-state index < -0.39 is 11.2 Å². The van der Waals surface area contributed by atoms with Crippen molar-refractivity contribution in [2.75, 3.05) is 7.11 Å². The molecule has 2 aromatic heterocycles. The van der Waals surface area contributed by atoms with Gasteiger partial charge >= 0.3 is 5.69 Å². The number of rotatable bonds is 3. The molecule has 0 saturated carbocycles. The van der Waals surface area contributed by atoms with Gasteiger partial charge in [0.2, 0.25) is 0 Å². The van der Waals surface area contributed by atoms with E-state index in [4.69, 9.17) is 9.72 Å². The third kappa shape index (κ3) is 4.13. The predicted octanol–water partition coefficient (Wildman–Crippen LogP) is 4.39. The smallest absolute Gasteiger partial charge is 0.337 e. The first-order valence-electron chi connectivity index (χ1n) is 11.5. The molecule has 4 rings (SSSR count). The summed E-state index contributed by atoms with van der Waals surface area (Å²) in [7, 11) is 3.02. The summed E-state index contributed by atoms with van der Waals surface area (Å²) in [6.07, 6.45) is 0. The number of imidazole rings is 1. The number of nitrogens with one attached hydrogen (secondary N) is 1. The van der Waals surface area contributed by atoms with Gasteiger partial charge in [0.25, 0.3) is 5.56 Å². The van der Waals surface area contributed by atoms with Gasteiger partial charge in [-0.3, -0.25) is 9.36 Å².